The molecule has 0 aromatic heterocycles. The molecule has 2 heteroatoms. The van der Waals surface area contributed by atoms with Crippen molar-refractivity contribution in [3.05, 3.63) is 136 Å². The molecule has 3 aliphatic rings. The molecule has 0 saturated heterocycles. The Morgan fingerprint density at radius 3 is 2.18 bits per heavy atom. The Morgan fingerprint density at radius 2 is 1.47 bits per heavy atom. The minimum atomic E-state index is -0.0317. The first-order chi connectivity index (χ1) is 21.7. The number of benzene rings is 3. The Balaban J connectivity index is 1.47. The van der Waals surface area contributed by atoms with E-state index in [4.69, 9.17) is 0 Å². The highest BCUT2D eigenvalue weighted by Crippen LogP contribution is 2.48. The average Bonchev–Trinajstić information content (AvgIpc) is 3.41. The molecule has 0 fully saturated rings. The molecule has 6 rings (SSSR count). The molecule has 0 saturated carbocycles. The summed E-state index contributed by atoms with van der Waals surface area (Å²) in [5, 5.41) is 0. The van der Waals surface area contributed by atoms with Crippen molar-refractivity contribution in [3.63, 3.8) is 0 Å². The molecule has 45 heavy (non-hydrogen) atoms. The molecule has 0 N–H and O–H groups in total. The third kappa shape index (κ3) is 5.47. The maximum Gasteiger partial charge on any atom is 0.209 e. The molecule has 0 bridgehead atoms. The molecular weight excluding hydrogens is 544 g/mol. The van der Waals surface area contributed by atoms with E-state index in [-0.39, 0.29) is 10.8 Å². The quantitative estimate of drug-likeness (QED) is 0.235. The number of para-hydroxylation sites is 2. The summed E-state index contributed by atoms with van der Waals surface area (Å²) in [4.78, 5) is 2.51. The van der Waals surface area contributed by atoms with Crippen molar-refractivity contribution in [3.8, 4) is 0 Å². The lowest BCUT2D eigenvalue weighted by Gasteiger charge is -2.27. The normalized spacial score (nSPS) is 20.6. The van der Waals surface area contributed by atoms with E-state index in [1.165, 1.54) is 74.6 Å². The Morgan fingerprint density at radius 1 is 0.756 bits per heavy atom. The zero-order chi connectivity index (χ0) is 31.8. The second kappa shape index (κ2) is 12.5. The second-order valence-corrected chi connectivity index (χ2v) is 13.9. The zero-order valence-corrected chi connectivity index (χ0v) is 28.6. The van der Waals surface area contributed by atoms with Crippen LogP contribution < -0.4 is 4.90 Å². The van der Waals surface area contributed by atoms with Gasteiger partial charge in [0.2, 0.25) is 5.69 Å². The van der Waals surface area contributed by atoms with Gasteiger partial charge in [-0.3, -0.25) is 0 Å². The van der Waals surface area contributed by atoms with Crippen molar-refractivity contribution < 1.29 is 4.58 Å². The Bertz CT molecular complexity index is 1740. The third-order valence-corrected chi connectivity index (χ3v) is 10.4. The van der Waals surface area contributed by atoms with Crippen molar-refractivity contribution in [2.75, 3.05) is 18.0 Å². The lowest BCUT2D eigenvalue weighted by molar-refractivity contribution is -0.433. The number of allylic oxidation sites excluding steroid dienone is 8. The van der Waals surface area contributed by atoms with Gasteiger partial charge in [0.1, 0.15) is 6.54 Å². The molecule has 2 heterocycles. The molecule has 0 amide bonds. The Kier molecular flexibility index (Phi) is 8.61. The summed E-state index contributed by atoms with van der Waals surface area (Å²) in [5.74, 6) is 0. The van der Waals surface area contributed by atoms with Gasteiger partial charge in [-0.15, -0.1) is 0 Å². The summed E-state index contributed by atoms with van der Waals surface area (Å²) in [6.07, 6.45) is 15.4. The summed E-state index contributed by atoms with van der Waals surface area (Å²) in [6, 6.07) is 27.3. The second-order valence-electron chi connectivity index (χ2n) is 13.9. The van der Waals surface area contributed by atoms with Crippen LogP contribution >= 0.6 is 0 Å². The van der Waals surface area contributed by atoms with E-state index in [9.17, 15) is 0 Å². The maximum absolute atomic E-state index is 2.51. The molecule has 3 aromatic carbocycles. The first-order valence-electron chi connectivity index (χ1n) is 17.3. The molecule has 232 valence electrons. The van der Waals surface area contributed by atoms with Gasteiger partial charge in [0.05, 0.1) is 5.41 Å². The molecule has 0 spiro atoms. The van der Waals surface area contributed by atoms with Crippen LogP contribution in [0.15, 0.2) is 114 Å². The first-order valence-corrected chi connectivity index (χ1v) is 17.3. The maximum atomic E-state index is 2.51. The van der Waals surface area contributed by atoms with E-state index < -0.39 is 0 Å². The van der Waals surface area contributed by atoms with Gasteiger partial charge in [-0.2, -0.15) is 4.58 Å². The number of hydrogen-bond donors (Lipinski definition) is 0. The van der Waals surface area contributed by atoms with E-state index in [0.29, 0.717) is 0 Å². The van der Waals surface area contributed by atoms with E-state index in [2.05, 4.69) is 155 Å². The summed E-state index contributed by atoms with van der Waals surface area (Å²) in [7, 11) is 0. The smallest absolute Gasteiger partial charge is 0.209 e. The SMILES string of the molecule is CCCc1ccc(C2=C(/C=C/C3=[N+](CC)c4ccccc4C3(C)C)CCC/C2=C\C=C2\N(CC)c3ccccc3C2(C)C)cc1. The molecule has 0 atom stereocenters. The van der Waals surface area contributed by atoms with Crippen LogP contribution in [-0.2, 0) is 17.3 Å². The highest BCUT2D eigenvalue weighted by Gasteiger charge is 2.43. The molecule has 1 aliphatic carbocycles. The zero-order valence-electron chi connectivity index (χ0n) is 28.6. The predicted molar refractivity (Wildman–Crippen MR) is 194 cm³/mol. The van der Waals surface area contributed by atoms with Crippen molar-refractivity contribution in [1.82, 2.24) is 0 Å². The minimum absolute atomic E-state index is 0.0317. The summed E-state index contributed by atoms with van der Waals surface area (Å²) in [6.45, 7) is 18.2. The number of nitrogens with zero attached hydrogens (tertiary/aromatic N) is 2. The Labute approximate surface area is 272 Å². The van der Waals surface area contributed by atoms with Gasteiger partial charge < -0.3 is 4.90 Å². The standard InChI is InChI=1S/C43H51N2/c1-8-16-31-23-25-34(26-24-31)41-32(27-29-39-42(4,5)35-19-11-13-21-37(35)44(39)9-2)17-15-18-33(41)28-30-40-43(6,7)36-20-12-14-22-38(36)45(40)10-3/h11-14,19-30H,8-10,15-18H2,1-7H3/q+1. The Hall–Kier alpha value is -3.91. The number of fused-ring (bicyclic) bond motifs is 2. The lowest BCUT2D eigenvalue weighted by Crippen LogP contribution is -2.27. The van der Waals surface area contributed by atoms with Crippen LogP contribution in [0.1, 0.15) is 96.4 Å². The number of anilines is 1. The molecule has 2 nitrogen and oxygen atoms in total. The summed E-state index contributed by atoms with van der Waals surface area (Å²) < 4.78 is 2.51. The van der Waals surface area contributed by atoms with Crippen LogP contribution in [0.2, 0.25) is 0 Å². The summed E-state index contributed by atoms with van der Waals surface area (Å²) in [5.41, 5.74) is 15.3. The van der Waals surface area contributed by atoms with Gasteiger partial charge in [-0.05, 0) is 98.9 Å². The highest BCUT2D eigenvalue weighted by molar-refractivity contribution is 6.03. The van der Waals surface area contributed by atoms with Crippen LogP contribution in [0.3, 0.4) is 0 Å². The number of hydrogen-bond acceptors (Lipinski definition) is 1. The number of rotatable bonds is 8. The topological polar surface area (TPSA) is 6.25 Å². The third-order valence-electron chi connectivity index (χ3n) is 10.4. The number of likely N-dealkylation sites (N-methyl/N-ethyl adjacent to an activating group) is 1. The van der Waals surface area contributed by atoms with Crippen molar-refractivity contribution in [1.29, 1.82) is 0 Å². The van der Waals surface area contributed by atoms with Crippen molar-refractivity contribution >= 4 is 22.7 Å². The van der Waals surface area contributed by atoms with Gasteiger partial charge in [-0.1, -0.05) is 100 Å². The van der Waals surface area contributed by atoms with Gasteiger partial charge in [0, 0.05) is 41.1 Å². The first kappa shape index (κ1) is 31.1. The lowest BCUT2D eigenvalue weighted by atomic mass is 9.79. The van der Waals surface area contributed by atoms with Crippen LogP contribution in [-0.4, -0.2) is 23.4 Å². The van der Waals surface area contributed by atoms with Crippen LogP contribution in [0.25, 0.3) is 5.57 Å². The average molecular weight is 596 g/mol. The minimum Gasteiger partial charge on any atom is -0.344 e. The fourth-order valence-electron chi connectivity index (χ4n) is 8.08. The van der Waals surface area contributed by atoms with Crippen LogP contribution in [0, 0.1) is 0 Å². The monoisotopic (exact) mass is 595 g/mol. The van der Waals surface area contributed by atoms with Gasteiger partial charge in [-0.25, -0.2) is 0 Å². The molecule has 0 unspecified atom stereocenters. The van der Waals surface area contributed by atoms with Gasteiger partial charge >= 0.3 is 0 Å². The molecule has 2 aliphatic heterocycles. The van der Waals surface area contributed by atoms with E-state index in [1.807, 2.05) is 0 Å². The van der Waals surface area contributed by atoms with Crippen molar-refractivity contribution in [2.24, 2.45) is 0 Å². The van der Waals surface area contributed by atoms with E-state index in [1.54, 1.807) is 0 Å². The fraction of sp³-hybridized carbons (Fsp3) is 0.372. The fourth-order valence-corrected chi connectivity index (χ4v) is 8.08. The molecule has 0 radical (unpaired) electrons. The van der Waals surface area contributed by atoms with E-state index >= 15 is 0 Å². The van der Waals surface area contributed by atoms with E-state index in [0.717, 1.165) is 32.4 Å². The predicted octanol–water partition coefficient (Wildman–Crippen LogP) is 10.9. The van der Waals surface area contributed by atoms with Gasteiger partial charge in [0.25, 0.3) is 0 Å². The van der Waals surface area contributed by atoms with Crippen LogP contribution in [0.5, 0.6) is 0 Å². The molecule has 3 aromatic rings. The molecular formula is C43H51N2+. The highest BCUT2D eigenvalue weighted by atomic mass is 15.2. The van der Waals surface area contributed by atoms with Crippen LogP contribution in [0.4, 0.5) is 11.4 Å². The number of aryl methyl sites for hydroxylation is 1. The largest absolute Gasteiger partial charge is 0.344 e. The summed E-state index contributed by atoms with van der Waals surface area (Å²) >= 11 is 0. The van der Waals surface area contributed by atoms with Gasteiger partial charge in [0.15, 0.2) is 5.71 Å². The van der Waals surface area contributed by atoms with Crippen molar-refractivity contribution in [2.45, 2.75) is 91.4 Å².